The maximum atomic E-state index is 12.4. The summed E-state index contributed by atoms with van der Waals surface area (Å²) < 4.78 is 42.1. The minimum absolute atomic E-state index is 0.0605. The van der Waals surface area contributed by atoms with E-state index in [1.165, 1.54) is 19.1 Å². The Kier molecular flexibility index (Phi) is 4.13. The van der Waals surface area contributed by atoms with Crippen molar-refractivity contribution in [2.24, 2.45) is 10.3 Å². The molecule has 0 spiro atoms. The highest BCUT2D eigenvalue weighted by molar-refractivity contribution is 6.04. The molecule has 8 heteroatoms. The molecule has 0 radical (unpaired) electrons. The van der Waals surface area contributed by atoms with Crippen molar-refractivity contribution in [3.8, 4) is 5.75 Å². The number of ether oxygens (including phenoxy) is 1. The SMILES string of the molecule is CC(=NO)Oc1ccc(C(=NO)C(F)(F)F)cc1. The van der Waals surface area contributed by atoms with Crippen LogP contribution in [0.2, 0.25) is 0 Å². The summed E-state index contributed by atoms with van der Waals surface area (Å²) in [4.78, 5) is 0. The van der Waals surface area contributed by atoms with Crippen LogP contribution in [-0.4, -0.2) is 28.2 Å². The van der Waals surface area contributed by atoms with Crippen LogP contribution in [0.15, 0.2) is 34.6 Å². The summed E-state index contributed by atoms with van der Waals surface area (Å²) in [5, 5.41) is 21.7. The zero-order valence-electron chi connectivity index (χ0n) is 9.14. The Morgan fingerprint density at radius 1 is 1.11 bits per heavy atom. The van der Waals surface area contributed by atoms with Crippen molar-refractivity contribution < 1.29 is 28.3 Å². The van der Waals surface area contributed by atoms with Gasteiger partial charge in [-0.25, -0.2) is 0 Å². The smallest absolute Gasteiger partial charge is 0.437 e. The van der Waals surface area contributed by atoms with Crippen molar-refractivity contribution in [3.05, 3.63) is 29.8 Å². The summed E-state index contributed by atoms with van der Waals surface area (Å²) in [5.74, 6) is 0.128. The van der Waals surface area contributed by atoms with Crippen LogP contribution in [0.4, 0.5) is 13.2 Å². The molecule has 0 unspecified atom stereocenters. The number of hydrogen-bond donors (Lipinski definition) is 2. The van der Waals surface area contributed by atoms with Gasteiger partial charge in [-0.2, -0.15) is 13.2 Å². The van der Waals surface area contributed by atoms with Crippen LogP contribution in [0.5, 0.6) is 5.75 Å². The summed E-state index contributed by atoms with van der Waals surface area (Å²) in [6.07, 6.45) is -4.75. The van der Waals surface area contributed by atoms with Crippen molar-refractivity contribution in [2.75, 3.05) is 0 Å². The monoisotopic (exact) mass is 262 g/mol. The Morgan fingerprint density at radius 2 is 1.67 bits per heavy atom. The molecule has 0 aliphatic rings. The van der Waals surface area contributed by atoms with E-state index in [-0.39, 0.29) is 17.2 Å². The highest BCUT2D eigenvalue weighted by atomic mass is 19.4. The topological polar surface area (TPSA) is 74.4 Å². The van der Waals surface area contributed by atoms with Gasteiger partial charge in [0.25, 0.3) is 0 Å². The molecule has 0 saturated carbocycles. The van der Waals surface area contributed by atoms with Gasteiger partial charge in [-0.05, 0) is 24.3 Å². The highest BCUT2D eigenvalue weighted by Crippen LogP contribution is 2.23. The molecule has 0 bridgehead atoms. The minimum Gasteiger partial charge on any atom is -0.440 e. The normalized spacial score (nSPS) is 13.6. The third-order valence-electron chi connectivity index (χ3n) is 1.90. The molecule has 0 atom stereocenters. The lowest BCUT2D eigenvalue weighted by atomic mass is 10.1. The van der Waals surface area contributed by atoms with Crippen molar-refractivity contribution in [1.29, 1.82) is 0 Å². The van der Waals surface area contributed by atoms with E-state index in [1.807, 2.05) is 0 Å². The van der Waals surface area contributed by atoms with Crippen molar-refractivity contribution in [1.82, 2.24) is 0 Å². The van der Waals surface area contributed by atoms with Crippen LogP contribution in [0.1, 0.15) is 12.5 Å². The van der Waals surface area contributed by atoms with Gasteiger partial charge in [0.1, 0.15) is 5.75 Å². The lowest BCUT2D eigenvalue weighted by Gasteiger charge is -2.09. The lowest BCUT2D eigenvalue weighted by Crippen LogP contribution is -2.23. The van der Waals surface area contributed by atoms with Gasteiger partial charge < -0.3 is 15.2 Å². The van der Waals surface area contributed by atoms with E-state index in [2.05, 4.69) is 10.3 Å². The van der Waals surface area contributed by atoms with E-state index in [1.54, 1.807) is 0 Å². The first-order chi connectivity index (χ1) is 8.38. The molecular formula is C10H9F3N2O3. The first-order valence-corrected chi connectivity index (χ1v) is 4.64. The predicted octanol–water partition coefficient (Wildman–Crippen LogP) is 2.61. The first kappa shape index (κ1) is 13.8. The van der Waals surface area contributed by atoms with E-state index in [9.17, 15) is 13.2 Å². The van der Waals surface area contributed by atoms with Crippen molar-refractivity contribution in [2.45, 2.75) is 13.1 Å². The molecule has 1 aromatic carbocycles. The van der Waals surface area contributed by atoms with E-state index in [0.29, 0.717) is 0 Å². The summed E-state index contributed by atoms with van der Waals surface area (Å²) >= 11 is 0. The first-order valence-electron chi connectivity index (χ1n) is 4.64. The third-order valence-corrected chi connectivity index (χ3v) is 1.90. The second-order valence-corrected chi connectivity index (χ2v) is 3.19. The number of nitrogens with zero attached hydrogens (tertiary/aromatic N) is 2. The van der Waals surface area contributed by atoms with E-state index in [0.717, 1.165) is 12.1 Å². The van der Waals surface area contributed by atoms with Gasteiger partial charge in [-0.1, -0.05) is 10.3 Å². The molecule has 1 rings (SSSR count). The van der Waals surface area contributed by atoms with Gasteiger partial charge in [0.15, 0.2) is 5.71 Å². The van der Waals surface area contributed by atoms with Gasteiger partial charge in [-0.3, -0.25) is 0 Å². The molecule has 0 aliphatic carbocycles. The molecule has 1 aromatic rings. The van der Waals surface area contributed by atoms with E-state index < -0.39 is 11.9 Å². The van der Waals surface area contributed by atoms with Gasteiger partial charge in [0.2, 0.25) is 5.90 Å². The summed E-state index contributed by atoms with van der Waals surface area (Å²) in [5.41, 5.74) is -1.71. The van der Waals surface area contributed by atoms with E-state index in [4.69, 9.17) is 15.2 Å². The largest absolute Gasteiger partial charge is 0.440 e. The third kappa shape index (κ3) is 3.37. The lowest BCUT2D eigenvalue weighted by molar-refractivity contribution is -0.0601. The van der Waals surface area contributed by atoms with Crippen molar-refractivity contribution in [3.63, 3.8) is 0 Å². The zero-order chi connectivity index (χ0) is 13.8. The minimum atomic E-state index is -4.75. The molecule has 0 aromatic heterocycles. The zero-order valence-corrected chi connectivity index (χ0v) is 9.14. The summed E-state index contributed by atoms with van der Waals surface area (Å²) in [6.45, 7) is 1.37. The van der Waals surface area contributed by atoms with Gasteiger partial charge >= 0.3 is 6.18 Å². The predicted molar refractivity (Wildman–Crippen MR) is 56.3 cm³/mol. The number of oxime groups is 2. The Balaban J connectivity index is 2.96. The highest BCUT2D eigenvalue weighted by Gasteiger charge is 2.37. The number of hydrogen-bond acceptors (Lipinski definition) is 5. The van der Waals surface area contributed by atoms with Crippen molar-refractivity contribution >= 4 is 11.6 Å². The second kappa shape index (κ2) is 5.39. The maximum absolute atomic E-state index is 12.4. The van der Waals surface area contributed by atoms with Crippen LogP contribution in [0, 0.1) is 0 Å². The maximum Gasteiger partial charge on any atom is 0.437 e. The Morgan fingerprint density at radius 3 is 2.06 bits per heavy atom. The van der Waals surface area contributed by atoms with Gasteiger partial charge in [-0.15, -0.1) is 0 Å². The number of halogens is 3. The molecule has 0 amide bonds. The fourth-order valence-electron chi connectivity index (χ4n) is 1.15. The molecule has 98 valence electrons. The molecule has 0 saturated heterocycles. The molecule has 18 heavy (non-hydrogen) atoms. The fourth-order valence-corrected chi connectivity index (χ4v) is 1.15. The molecule has 5 nitrogen and oxygen atoms in total. The quantitative estimate of drug-likeness (QED) is 0.372. The average Bonchev–Trinajstić information content (AvgIpc) is 2.30. The number of rotatable bonds is 2. The molecular weight excluding hydrogens is 253 g/mol. The molecule has 0 heterocycles. The summed E-state index contributed by atoms with van der Waals surface area (Å²) in [6, 6.07) is 4.59. The Bertz CT molecular complexity index is 466. The second-order valence-electron chi connectivity index (χ2n) is 3.19. The van der Waals surface area contributed by atoms with Crippen LogP contribution < -0.4 is 4.74 Å². The standard InChI is InChI=1S/C10H9F3N2O3/c1-6(14-16)18-8-4-2-7(3-5-8)9(15-17)10(11,12)13/h2-5,16-17H,1H3. The van der Waals surface area contributed by atoms with Gasteiger partial charge in [0, 0.05) is 12.5 Å². The van der Waals surface area contributed by atoms with Crippen LogP contribution in [0.3, 0.4) is 0 Å². The molecule has 0 aliphatic heterocycles. The number of benzene rings is 1. The Hall–Kier alpha value is -2.25. The van der Waals surface area contributed by atoms with Gasteiger partial charge in [0.05, 0.1) is 0 Å². The molecule has 0 fully saturated rings. The van der Waals surface area contributed by atoms with E-state index >= 15 is 0 Å². The van der Waals surface area contributed by atoms with Crippen LogP contribution in [0.25, 0.3) is 0 Å². The average molecular weight is 262 g/mol. The fraction of sp³-hybridized carbons (Fsp3) is 0.200. The van der Waals surface area contributed by atoms with Crippen LogP contribution >= 0.6 is 0 Å². The molecule has 2 N–H and O–H groups in total. The summed E-state index contributed by atoms with van der Waals surface area (Å²) in [7, 11) is 0. The number of alkyl halides is 3. The Labute approximate surface area is 99.8 Å². The van der Waals surface area contributed by atoms with Crippen LogP contribution in [-0.2, 0) is 0 Å².